The van der Waals surface area contributed by atoms with E-state index in [9.17, 15) is 15.2 Å². The molecule has 0 aliphatic carbocycles. The van der Waals surface area contributed by atoms with Crippen LogP contribution < -0.4 is 0 Å². The number of amides is 1. The van der Waals surface area contributed by atoms with Gasteiger partial charge in [-0.05, 0) is 24.4 Å². The van der Waals surface area contributed by atoms with Crippen molar-refractivity contribution in [2.45, 2.75) is 12.5 Å². The van der Waals surface area contributed by atoms with E-state index in [1.807, 2.05) is 35.2 Å². The molecule has 3 rings (SSSR count). The topological polar surface area (TPSA) is 70.8 Å². The number of hydrogen-bond acceptors (Lipinski definition) is 5. The predicted octanol–water partition coefficient (Wildman–Crippen LogP) is 0.710. The maximum Gasteiger partial charge on any atom is 0.236 e. The van der Waals surface area contributed by atoms with Crippen molar-refractivity contribution >= 4 is 5.91 Å². The first kappa shape index (κ1) is 17.9. The Morgan fingerprint density at radius 2 is 1.92 bits per heavy atom. The van der Waals surface area contributed by atoms with E-state index in [-0.39, 0.29) is 18.6 Å². The van der Waals surface area contributed by atoms with Gasteiger partial charge in [0.05, 0.1) is 12.6 Å². The normalized spacial score (nSPS) is 23.4. The molecular weight excluding hydrogens is 316 g/mol. The number of benzene rings is 1. The van der Waals surface area contributed by atoms with E-state index in [0.29, 0.717) is 25.6 Å². The monoisotopic (exact) mass is 342 g/mol. The quantitative estimate of drug-likeness (QED) is 0.853. The highest BCUT2D eigenvalue weighted by atomic mass is 16.3. The number of aliphatic hydroxyl groups is 1. The number of carbonyl (C=O) groups excluding carboxylic acids is 1. The Morgan fingerprint density at radius 1 is 1.20 bits per heavy atom. The molecule has 2 fully saturated rings. The molecule has 0 bridgehead atoms. The Balaban J connectivity index is 1.50. The van der Waals surface area contributed by atoms with E-state index in [4.69, 9.17) is 0 Å². The molecule has 0 saturated carbocycles. The maximum atomic E-state index is 12.5. The van der Waals surface area contributed by atoms with E-state index in [1.54, 1.807) is 0 Å². The summed E-state index contributed by atoms with van der Waals surface area (Å²) in [5, 5.41) is 18.8. The van der Waals surface area contributed by atoms with Crippen molar-refractivity contribution < 1.29 is 9.90 Å². The minimum atomic E-state index is -0.248. The number of nitriles is 1. The number of nitrogens with zero attached hydrogens (tertiary/aromatic N) is 4. The van der Waals surface area contributed by atoms with Crippen LogP contribution in [0.3, 0.4) is 0 Å². The molecule has 134 valence electrons. The van der Waals surface area contributed by atoms with Gasteiger partial charge in [0, 0.05) is 39.3 Å². The van der Waals surface area contributed by atoms with Crippen molar-refractivity contribution in [3.8, 4) is 6.07 Å². The van der Waals surface area contributed by atoms with Crippen LogP contribution in [-0.4, -0.2) is 78.1 Å². The average molecular weight is 342 g/mol. The van der Waals surface area contributed by atoms with Gasteiger partial charge in [0.2, 0.25) is 5.91 Å². The summed E-state index contributed by atoms with van der Waals surface area (Å²) in [7, 11) is 0. The van der Waals surface area contributed by atoms with Crippen LogP contribution in [0.15, 0.2) is 30.3 Å². The molecule has 2 atom stereocenters. The summed E-state index contributed by atoms with van der Waals surface area (Å²) in [5.41, 5.74) is 1.01. The lowest BCUT2D eigenvalue weighted by atomic mass is 10.1. The van der Waals surface area contributed by atoms with Crippen LogP contribution in [0.1, 0.15) is 18.0 Å². The molecule has 25 heavy (non-hydrogen) atoms. The first-order chi connectivity index (χ1) is 12.2. The summed E-state index contributed by atoms with van der Waals surface area (Å²) in [6.45, 7) is 5.13. The highest BCUT2D eigenvalue weighted by Crippen LogP contribution is 2.21. The molecule has 0 aromatic heterocycles. The van der Waals surface area contributed by atoms with Crippen LogP contribution >= 0.6 is 0 Å². The molecule has 1 amide bonds. The smallest absolute Gasteiger partial charge is 0.236 e. The van der Waals surface area contributed by atoms with Gasteiger partial charge in [-0.25, -0.2) is 0 Å². The molecule has 6 heteroatoms. The van der Waals surface area contributed by atoms with Gasteiger partial charge in [-0.2, -0.15) is 5.26 Å². The predicted molar refractivity (Wildman–Crippen MR) is 94.6 cm³/mol. The van der Waals surface area contributed by atoms with Crippen molar-refractivity contribution in [1.29, 1.82) is 5.26 Å². The molecule has 2 saturated heterocycles. The first-order valence-electron chi connectivity index (χ1n) is 9.01. The van der Waals surface area contributed by atoms with E-state index >= 15 is 0 Å². The molecule has 1 N–H and O–H groups in total. The Hall–Kier alpha value is -1.94. The van der Waals surface area contributed by atoms with Crippen LogP contribution in [0.5, 0.6) is 0 Å². The van der Waals surface area contributed by atoms with Crippen LogP contribution in [0.25, 0.3) is 0 Å². The number of carbonyl (C=O) groups is 1. The second kappa shape index (κ2) is 8.43. The van der Waals surface area contributed by atoms with Crippen LogP contribution in [0.2, 0.25) is 0 Å². The van der Waals surface area contributed by atoms with Crippen molar-refractivity contribution in [3.63, 3.8) is 0 Å². The summed E-state index contributed by atoms with van der Waals surface area (Å²) in [4.78, 5) is 18.7. The minimum Gasteiger partial charge on any atom is -0.396 e. The fourth-order valence-corrected chi connectivity index (χ4v) is 3.73. The van der Waals surface area contributed by atoms with Gasteiger partial charge < -0.3 is 10.0 Å². The summed E-state index contributed by atoms with van der Waals surface area (Å²) in [6.07, 6.45) is 0.971. The fourth-order valence-electron chi connectivity index (χ4n) is 3.73. The third-order valence-electron chi connectivity index (χ3n) is 5.26. The van der Waals surface area contributed by atoms with Gasteiger partial charge >= 0.3 is 0 Å². The number of likely N-dealkylation sites (tertiary alicyclic amines) is 1. The lowest BCUT2D eigenvalue weighted by Gasteiger charge is -2.37. The summed E-state index contributed by atoms with van der Waals surface area (Å²) in [6, 6.07) is 12.0. The zero-order chi connectivity index (χ0) is 17.6. The second-order valence-corrected chi connectivity index (χ2v) is 6.93. The number of hydrogen-bond donors (Lipinski definition) is 1. The number of aliphatic hydroxyl groups excluding tert-OH is 1. The molecule has 2 heterocycles. The Morgan fingerprint density at radius 3 is 2.52 bits per heavy atom. The highest BCUT2D eigenvalue weighted by Gasteiger charge is 2.29. The summed E-state index contributed by atoms with van der Waals surface area (Å²) in [5.74, 6) is 0.471. The van der Waals surface area contributed by atoms with E-state index < -0.39 is 0 Å². The standard InChI is InChI=1S/C19H26N4O2/c20-12-18(17-4-2-1-3-5-17)22-8-10-23(11-9-22)19(25)14-21-7-6-16(13-21)15-24/h1-5,16,18,24H,6-11,13-15H2/t16-,18-/m1/s1. The average Bonchev–Trinajstić information content (AvgIpc) is 3.11. The van der Waals surface area contributed by atoms with Gasteiger partial charge in [-0.1, -0.05) is 30.3 Å². The molecule has 6 nitrogen and oxygen atoms in total. The summed E-state index contributed by atoms with van der Waals surface area (Å²) >= 11 is 0. The van der Waals surface area contributed by atoms with E-state index in [1.165, 1.54) is 0 Å². The van der Waals surface area contributed by atoms with E-state index in [0.717, 1.165) is 38.2 Å². The van der Waals surface area contributed by atoms with Crippen molar-refractivity contribution in [1.82, 2.24) is 14.7 Å². The third kappa shape index (κ3) is 4.37. The Kier molecular flexibility index (Phi) is 6.03. The van der Waals surface area contributed by atoms with Crippen molar-refractivity contribution in [2.75, 3.05) is 52.4 Å². The number of piperazine rings is 1. The van der Waals surface area contributed by atoms with Gasteiger partial charge in [-0.15, -0.1) is 0 Å². The molecule has 0 unspecified atom stereocenters. The number of rotatable bonds is 5. The van der Waals surface area contributed by atoms with Gasteiger partial charge in [-0.3, -0.25) is 14.6 Å². The molecule has 0 radical (unpaired) electrons. The van der Waals surface area contributed by atoms with Gasteiger partial charge in [0.15, 0.2) is 0 Å². The van der Waals surface area contributed by atoms with Gasteiger partial charge in [0.1, 0.15) is 6.04 Å². The maximum absolute atomic E-state index is 12.5. The van der Waals surface area contributed by atoms with Crippen molar-refractivity contribution in [3.05, 3.63) is 35.9 Å². The van der Waals surface area contributed by atoms with Crippen LogP contribution in [0.4, 0.5) is 0 Å². The first-order valence-corrected chi connectivity index (χ1v) is 9.01. The molecule has 2 aliphatic rings. The minimum absolute atomic E-state index is 0.159. The second-order valence-electron chi connectivity index (χ2n) is 6.93. The van der Waals surface area contributed by atoms with Crippen LogP contribution in [0, 0.1) is 17.2 Å². The molecule has 2 aliphatic heterocycles. The van der Waals surface area contributed by atoms with Gasteiger partial charge in [0.25, 0.3) is 0 Å². The van der Waals surface area contributed by atoms with E-state index in [2.05, 4.69) is 15.9 Å². The molecule has 1 aromatic rings. The lowest BCUT2D eigenvalue weighted by molar-refractivity contribution is -0.134. The molecule has 0 spiro atoms. The highest BCUT2D eigenvalue weighted by molar-refractivity contribution is 5.78. The largest absolute Gasteiger partial charge is 0.396 e. The summed E-state index contributed by atoms with van der Waals surface area (Å²) < 4.78 is 0. The SMILES string of the molecule is N#C[C@H](c1ccccc1)N1CCN(C(=O)CN2CC[C@@H](CO)C2)CC1. The Labute approximate surface area is 149 Å². The fraction of sp³-hybridized carbons (Fsp3) is 0.579. The zero-order valence-corrected chi connectivity index (χ0v) is 14.5. The van der Waals surface area contributed by atoms with Crippen LogP contribution in [-0.2, 0) is 4.79 Å². The lowest BCUT2D eigenvalue weighted by Crippen LogP contribution is -2.51. The third-order valence-corrected chi connectivity index (χ3v) is 5.26. The molecular formula is C19H26N4O2. The Bertz CT molecular complexity index is 608. The van der Waals surface area contributed by atoms with Crippen molar-refractivity contribution in [2.24, 2.45) is 5.92 Å². The molecule has 1 aromatic carbocycles. The zero-order valence-electron chi connectivity index (χ0n) is 14.5.